The molecule has 1 heteroatoms. The van der Waals surface area contributed by atoms with E-state index >= 15 is 0 Å². The molecule has 0 saturated carbocycles. The molecule has 0 N–H and O–H groups in total. The maximum absolute atomic E-state index is 2.62. The second kappa shape index (κ2) is 13.9. The van der Waals surface area contributed by atoms with Gasteiger partial charge in [0, 0.05) is 17.1 Å². The van der Waals surface area contributed by atoms with Gasteiger partial charge in [-0.2, -0.15) is 0 Å². The second-order valence-electron chi connectivity index (χ2n) is 17.6. The highest BCUT2D eigenvalue weighted by Gasteiger charge is 2.49. The number of anilines is 3. The van der Waals surface area contributed by atoms with Gasteiger partial charge in [0.2, 0.25) is 0 Å². The van der Waals surface area contributed by atoms with Gasteiger partial charge in [0.1, 0.15) is 0 Å². The molecule has 10 rings (SSSR count). The van der Waals surface area contributed by atoms with Crippen LogP contribution in [0.1, 0.15) is 73.9 Å². The number of benzene rings is 8. The predicted molar refractivity (Wildman–Crippen MR) is 245 cm³/mol. The fourth-order valence-corrected chi connectivity index (χ4v) is 9.99. The van der Waals surface area contributed by atoms with E-state index in [1.165, 1.54) is 79.6 Å². The lowest BCUT2D eigenvalue weighted by Crippen LogP contribution is -2.35. The Morgan fingerprint density at radius 1 is 0.328 bits per heavy atom. The minimum Gasteiger partial charge on any atom is -0.310 e. The van der Waals surface area contributed by atoms with Crippen molar-refractivity contribution in [3.8, 4) is 33.4 Å². The van der Waals surface area contributed by atoms with Crippen molar-refractivity contribution in [2.45, 2.75) is 56.8 Å². The average Bonchev–Trinajstić information content (AvgIpc) is 3.56. The van der Waals surface area contributed by atoms with E-state index in [9.17, 15) is 0 Å². The normalized spacial score (nSPS) is 15.5. The number of fused-ring (bicyclic) bond motifs is 4. The van der Waals surface area contributed by atoms with Crippen LogP contribution in [0.5, 0.6) is 0 Å². The van der Waals surface area contributed by atoms with Gasteiger partial charge in [-0.3, -0.25) is 0 Å². The molecule has 282 valence electrons. The maximum atomic E-state index is 2.62. The monoisotopic (exact) mass is 747 g/mol. The summed E-state index contributed by atoms with van der Waals surface area (Å²) in [5.41, 5.74) is 18.8. The molecule has 2 aliphatic carbocycles. The molecule has 0 bridgehead atoms. The molecule has 8 aromatic rings. The summed E-state index contributed by atoms with van der Waals surface area (Å²) >= 11 is 0. The Kier molecular flexibility index (Phi) is 8.61. The Hall–Kier alpha value is -6.44. The van der Waals surface area contributed by atoms with E-state index in [1.54, 1.807) is 0 Å². The van der Waals surface area contributed by atoms with Crippen molar-refractivity contribution in [3.63, 3.8) is 0 Å². The molecule has 0 radical (unpaired) electrons. The van der Waals surface area contributed by atoms with E-state index in [-0.39, 0.29) is 10.8 Å². The molecule has 1 nitrogen and oxygen atoms in total. The van der Waals surface area contributed by atoms with E-state index < -0.39 is 5.41 Å². The summed E-state index contributed by atoms with van der Waals surface area (Å²) in [7, 11) is 0. The Labute approximate surface area is 344 Å². The topological polar surface area (TPSA) is 3.24 Å². The lowest BCUT2D eigenvalue weighted by atomic mass is 9.61. The van der Waals surface area contributed by atoms with Crippen LogP contribution in [-0.4, -0.2) is 0 Å². The molecule has 0 saturated heterocycles. The third-order valence-electron chi connectivity index (χ3n) is 13.2. The SMILES string of the molecule is CC1(C)CCC(C)(C)c2cc3c(cc21)-c1ccc(N(c2ccc(-c4ccccc4)cc2)c2ccc(-c4ccccc4)cc2)cc1C3(c1ccccc1)c1ccccc1. The maximum Gasteiger partial charge on any atom is 0.0714 e. The fraction of sp³-hybridized carbons (Fsp3) is 0.158. The first kappa shape index (κ1) is 35.9. The molecule has 0 fully saturated rings. The molecule has 58 heavy (non-hydrogen) atoms. The highest BCUT2D eigenvalue weighted by molar-refractivity contribution is 5.91. The van der Waals surface area contributed by atoms with Crippen molar-refractivity contribution in [2.24, 2.45) is 0 Å². The van der Waals surface area contributed by atoms with E-state index in [1.807, 2.05) is 0 Å². The zero-order valence-corrected chi connectivity index (χ0v) is 33.9. The van der Waals surface area contributed by atoms with Crippen LogP contribution in [0, 0.1) is 0 Å². The number of nitrogens with zero attached hydrogens (tertiary/aromatic N) is 1. The smallest absolute Gasteiger partial charge is 0.0714 e. The first-order chi connectivity index (χ1) is 28.2. The zero-order chi connectivity index (χ0) is 39.5. The summed E-state index contributed by atoms with van der Waals surface area (Å²) < 4.78 is 0. The Balaban J connectivity index is 1.22. The Morgan fingerprint density at radius 2 is 0.707 bits per heavy atom. The number of hydrogen-bond acceptors (Lipinski definition) is 1. The van der Waals surface area contributed by atoms with Crippen molar-refractivity contribution in [1.82, 2.24) is 0 Å². The van der Waals surface area contributed by atoms with Gasteiger partial charge in [0.05, 0.1) is 5.41 Å². The van der Waals surface area contributed by atoms with Gasteiger partial charge in [-0.1, -0.05) is 185 Å². The number of hydrogen-bond donors (Lipinski definition) is 0. The molecular weight excluding hydrogens is 699 g/mol. The molecule has 0 spiro atoms. The number of rotatable bonds is 7. The van der Waals surface area contributed by atoms with Crippen LogP contribution < -0.4 is 4.90 Å². The molecule has 0 unspecified atom stereocenters. The lowest BCUT2D eigenvalue weighted by molar-refractivity contribution is 0.331. The molecule has 0 heterocycles. The molecule has 0 atom stereocenters. The fourth-order valence-electron chi connectivity index (χ4n) is 9.99. The van der Waals surface area contributed by atoms with E-state index in [2.05, 4.69) is 233 Å². The molecule has 0 aromatic heterocycles. The van der Waals surface area contributed by atoms with Crippen molar-refractivity contribution >= 4 is 17.1 Å². The van der Waals surface area contributed by atoms with Crippen molar-refractivity contribution < 1.29 is 0 Å². The third kappa shape index (κ3) is 5.83. The van der Waals surface area contributed by atoms with Gasteiger partial charge >= 0.3 is 0 Å². The Morgan fingerprint density at radius 3 is 1.17 bits per heavy atom. The zero-order valence-electron chi connectivity index (χ0n) is 33.9. The third-order valence-corrected chi connectivity index (χ3v) is 13.2. The first-order valence-electron chi connectivity index (χ1n) is 20.8. The van der Waals surface area contributed by atoms with Crippen LogP contribution >= 0.6 is 0 Å². The summed E-state index contributed by atoms with van der Waals surface area (Å²) in [4.78, 5) is 2.44. The van der Waals surface area contributed by atoms with E-state index in [0.717, 1.165) is 17.1 Å². The standard InChI is InChI=1S/C57H49N/c1-55(2)35-36-56(3,4)54-39-52-50(38-53(54)55)49-34-33-48(37-51(49)57(52,44-21-13-7-14-22-44)45-23-15-8-16-24-45)58(46-29-25-42(26-30-46)40-17-9-5-10-18-40)47-31-27-43(28-32-47)41-19-11-6-12-20-41/h5-34,37-39H,35-36H2,1-4H3. The summed E-state index contributed by atoms with van der Waals surface area (Å²) in [6.45, 7) is 9.78. The lowest BCUT2D eigenvalue weighted by Gasteiger charge is -2.43. The van der Waals surface area contributed by atoms with Crippen LogP contribution in [0.25, 0.3) is 33.4 Å². The van der Waals surface area contributed by atoms with Gasteiger partial charge < -0.3 is 4.90 Å². The van der Waals surface area contributed by atoms with Crippen LogP contribution in [0.15, 0.2) is 200 Å². The average molecular weight is 748 g/mol. The van der Waals surface area contributed by atoms with E-state index in [0.29, 0.717) is 0 Å². The minimum absolute atomic E-state index is 0.0769. The molecule has 0 amide bonds. The summed E-state index contributed by atoms with van der Waals surface area (Å²) in [6, 6.07) is 74.4. The van der Waals surface area contributed by atoms with Gasteiger partial charge in [0.15, 0.2) is 0 Å². The van der Waals surface area contributed by atoms with Crippen LogP contribution in [-0.2, 0) is 16.2 Å². The van der Waals surface area contributed by atoms with E-state index in [4.69, 9.17) is 0 Å². The highest BCUT2D eigenvalue weighted by Crippen LogP contribution is 2.60. The molecule has 2 aliphatic rings. The predicted octanol–water partition coefficient (Wildman–Crippen LogP) is 15.2. The largest absolute Gasteiger partial charge is 0.310 e. The van der Waals surface area contributed by atoms with Crippen LogP contribution in [0.2, 0.25) is 0 Å². The van der Waals surface area contributed by atoms with Crippen molar-refractivity contribution in [3.05, 3.63) is 234 Å². The van der Waals surface area contributed by atoms with Crippen LogP contribution in [0.4, 0.5) is 17.1 Å². The van der Waals surface area contributed by atoms with Gasteiger partial charge in [-0.15, -0.1) is 0 Å². The summed E-state index contributed by atoms with van der Waals surface area (Å²) in [5.74, 6) is 0. The first-order valence-corrected chi connectivity index (χ1v) is 20.8. The summed E-state index contributed by atoms with van der Waals surface area (Å²) in [5, 5.41) is 0. The van der Waals surface area contributed by atoms with Gasteiger partial charge in [-0.05, 0) is 133 Å². The second-order valence-corrected chi connectivity index (χ2v) is 17.6. The molecule has 8 aromatic carbocycles. The Bertz CT molecular complexity index is 2600. The van der Waals surface area contributed by atoms with Gasteiger partial charge in [-0.25, -0.2) is 0 Å². The highest BCUT2D eigenvalue weighted by atomic mass is 15.1. The van der Waals surface area contributed by atoms with Gasteiger partial charge in [0.25, 0.3) is 0 Å². The van der Waals surface area contributed by atoms with Crippen molar-refractivity contribution in [1.29, 1.82) is 0 Å². The summed E-state index contributed by atoms with van der Waals surface area (Å²) in [6.07, 6.45) is 2.36. The molecule has 0 aliphatic heterocycles. The van der Waals surface area contributed by atoms with Crippen molar-refractivity contribution in [2.75, 3.05) is 4.90 Å². The molecular formula is C57H49N. The minimum atomic E-state index is -0.518. The quantitative estimate of drug-likeness (QED) is 0.157. The van der Waals surface area contributed by atoms with Crippen LogP contribution in [0.3, 0.4) is 0 Å².